The lowest BCUT2D eigenvalue weighted by Crippen LogP contribution is -2.37. The largest absolute Gasteiger partial charge is 0.325 e. The number of amides is 1. The van der Waals surface area contributed by atoms with Crippen molar-refractivity contribution in [3.8, 4) is 0 Å². The summed E-state index contributed by atoms with van der Waals surface area (Å²) in [7, 11) is 0. The van der Waals surface area contributed by atoms with Gasteiger partial charge >= 0.3 is 0 Å². The molecule has 1 amide bonds. The molecule has 1 heterocycles. The highest BCUT2D eigenvalue weighted by Gasteiger charge is 2.53. The van der Waals surface area contributed by atoms with Gasteiger partial charge in [0.2, 0.25) is 5.91 Å². The minimum absolute atomic E-state index is 0.0615. The fourth-order valence-corrected chi connectivity index (χ4v) is 2.46. The van der Waals surface area contributed by atoms with Crippen molar-refractivity contribution in [3.63, 3.8) is 0 Å². The maximum absolute atomic E-state index is 12.1. The van der Waals surface area contributed by atoms with Gasteiger partial charge in [0, 0.05) is 6.04 Å². The third-order valence-corrected chi connectivity index (χ3v) is 4.08. The van der Waals surface area contributed by atoms with Gasteiger partial charge in [0.1, 0.15) is 0 Å². The molecule has 3 heteroatoms. The Morgan fingerprint density at radius 3 is 2.67 bits per heavy atom. The topological polar surface area (TPSA) is 32.3 Å². The second-order valence-electron chi connectivity index (χ2n) is 5.74. The van der Waals surface area contributed by atoms with E-state index >= 15 is 0 Å². The molecule has 0 radical (unpaired) electrons. The molecule has 0 spiro atoms. The van der Waals surface area contributed by atoms with Gasteiger partial charge in [-0.2, -0.15) is 0 Å². The average Bonchev–Trinajstić information content (AvgIpc) is 2.64. The van der Waals surface area contributed by atoms with Crippen LogP contribution in [0.1, 0.15) is 40.5 Å². The predicted molar refractivity (Wildman–Crippen MR) is 60.3 cm³/mol. The molecule has 2 fully saturated rings. The number of rotatable bonds is 3. The Balaban J connectivity index is 1.99. The van der Waals surface area contributed by atoms with Crippen molar-refractivity contribution in [2.45, 2.75) is 52.6 Å². The molecule has 1 N–H and O–H groups in total. The second-order valence-corrected chi connectivity index (χ2v) is 5.74. The lowest BCUT2D eigenvalue weighted by molar-refractivity contribution is -0.130. The van der Waals surface area contributed by atoms with Crippen molar-refractivity contribution in [2.24, 2.45) is 11.3 Å². The Hall–Kier alpha value is -0.570. The standard InChI is InChI=1S/C12H22N2O/c1-5-8(2)10-11(15)14(7-13-10)9-6-12(9,3)4/h8-10,13H,5-7H2,1-4H3. The van der Waals surface area contributed by atoms with Crippen LogP contribution in [0.4, 0.5) is 0 Å². The van der Waals surface area contributed by atoms with Gasteiger partial charge in [0.05, 0.1) is 12.7 Å². The van der Waals surface area contributed by atoms with E-state index in [2.05, 4.69) is 33.0 Å². The predicted octanol–water partition coefficient (Wildman–Crippen LogP) is 1.59. The van der Waals surface area contributed by atoms with Crippen LogP contribution in [-0.4, -0.2) is 29.6 Å². The summed E-state index contributed by atoms with van der Waals surface area (Å²) in [5.41, 5.74) is 0.349. The third-order valence-electron chi connectivity index (χ3n) is 4.08. The smallest absolute Gasteiger partial charge is 0.241 e. The maximum atomic E-state index is 12.1. The van der Waals surface area contributed by atoms with E-state index in [0.29, 0.717) is 23.3 Å². The van der Waals surface area contributed by atoms with E-state index in [4.69, 9.17) is 0 Å². The lowest BCUT2D eigenvalue weighted by Gasteiger charge is -2.19. The van der Waals surface area contributed by atoms with Crippen LogP contribution < -0.4 is 5.32 Å². The highest BCUT2D eigenvalue weighted by Crippen LogP contribution is 2.49. The number of hydrogen-bond acceptors (Lipinski definition) is 2. The van der Waals surface area contributed by atoms with Gasteiger partial charge in [-0.05, 0) is 17.8 Å². The highest BCUT2D eigenvalue weighted by molar-refractivity contribution is 5.84. The molecule has 0 aromatic carbocycles. The van der Waals surface area contributed by atoms with Crippen LogP contribution >= 0.6 is 0 Å². The summed E-state index contributed by atoms with van der Waals surface area (Å²) < 4.78 is 0. The zero-order valence-electron chi connectivity index (χ0n) is 10.2. The summed E-state index contributed by atoms with van der Waals surface area (Å²) in [6.45, 7) is 9.52. The van der Waals surface area contributed by atoms with E-state index in [-0.39, 0.29) is 6.04 Å². The van der Waals surface area contributed by atoms with E-state index < -0.39 is 0 Å². The molecular formula is C12H22N2O. The molecule has 1 aliphatic carbocycles. The minimum Gasteiger partial charge on any atom is -0.325 e. The fourth-order valence-electron chi connectivity index (χ4n) is 2.46. The van der Waals surface area contributed by atoms with E-state index in [1.807, 2.05) is 4.90 Å². The molecule has 86 valence electrons. The second kappa shape index (κ2) is 3.48. The van der Waals surface area contributed by atoms with Crippen molar-refractivity contribution in [1.29, 1.82) is 0 Å². The van der Waals surface area contributed by atoms with Crippen LogP contribution in [0.15, 0.2) is 0 Å². The quantitative estimate of drug-likeness (QED) is 0.767. The first-order valence-electron chi connectivity index (χ1n) is 6.01. The Morgan fingerprint density at radius 1 is 1.60 bits per heavy atom. The lowest BCUT2D eigenvalue weighted by atomic mass is 9.99. The van der Waals surface area contributed by atoms with Gasteiger partial charge in [0.15, 0.2) is 0 Å². The number of nitrogens with zero attached hydrogens (tertiary/aromatic N) is 1. The van der Waals surface area contributed by atoms with Gasteiger partial charge in [-0.25, -0.2) is 0 Å². The normalized spacial score (nSPS) is 35.7. The number of hydrogen-bond donors (Lipinski definition) is 1. The van der Waals surface area contributed by atoms with Crippen molar-refractivity contribution in [2.75, 3.05) is 6.67 Å². The molecule has 0 bridgehead atoms. The SMILES string of the molecule is CCC(C)C1NCN(C2CC2(C)C)C1=O. The van der Waals surface area contributed by atoms with Crippen LogP contribution in [0.5, 0.6) is 0 Å². The van der Waals surface area contributed by atoms with Crippen molar-refractivity contribution in [3.05, 3.63) is 0 Å². The maximum Gasteiger partial charge on any atom is 0.241 e. The Labute approximate surface area is 92.2 Å². The molecule has 1 aliphatic heterocycles. The van der Waals surface area contributed by atoms with Gasteiger partial charge in [0.25, 0.3) is 0 Å². The molecule has 3 nitrogen and oxygen atoms in total. The molecule has 2 rings (SSSR count). The summed E-state index contributed by atoms with van der Waals surface area (Å²) in [5.74, 6) is 0.768. The van der Waals surface area contributed by atoms with Gasteiger partial charge < -0.3 is 4.90 Å². The van der Waals surface area contributed by atoms with E-state index in [1.54, 1.807) is 0 Å². The molecule has 1 saturated carbocycles. The van der Waals surface area contributed by atoms with E-state index in [0.717, 1.165) is 19.5 Å². The van der Waals surface area contributed by atoms with Crippen LogP contribution in [-0.2, 0) is 4.79 Å². The number of carbonyl (C=O) groups excluding carboxylic acids is 1. The van der Waals surface area contributed by atoms with E-state index in [9.17, 15) is 4.79 Å². The number of nitrogens with one attached hydrogen (secondary N) is 1. The van der Waals surface area contributed by atoms with E-state index in [1.165, 1.54) is 0 Å². The molecule has 3 unspecified atom stereocenters. The van der Waals surface area contributed by atoms with Crippen LogP contribution in [0.2, 0.25) is 0 Å². The van der Waals surface area contributed by atoms with Crippen LogP contribution in [0, 0.1) is 11.3 Å². The molecule has 2 aliphatic rings. The highest BCUT2D eigenvalue weighted by atomic mass is 16.2. The Morgan fingerprint density at radius 2 is 2.20 bits per heavy atom. The number of carbonyl (C=O) groups is 1. The molecule has 15 heavy (non-hydrogen) atoms. The molecular weight excluding hydrogens is 188 g/mol. The summed E-state index contributed by atoms with van der Waals surface area (Å²) in [6, 6.07) is 0.540. The molecule has 0 aromatic rings. The monoisotopic (exact) mass is 210 g/mol. The summed E-state index contributed by atoms with van der Waals surface area (Å²) in [4.78, 5) is 14.2. The summed E-state index contributed by atoms with van der Waals surface area (Å²) in [5, 5.41) is 3.34. The summed E-state index contributed by atoms with van der Waals surface area (Å²) >= 11 is 0. The third kappa shape index (κ3) is 1.78. The van der Waals surface area contributed by atoms with Crippen molar-refractivity contribution >= 4 is 5.91 Å². The summed E-state index contributed by atoms with van der Waals surface area (Å²) in [6.07, 6.45) is 2.22. The van der Waals surface area contributed by atoms with Crippen molar-refractivity contribution < 1.29 is 4.79 Å². The zero-order chi connectivity index (χ0) is 11.2. The van der Waals surface area contributed by atoms with Crippen molar-refractivity contribution in [1.82, 2.24) is 10.2 Å². The first-order chi connectivity index (χ1) is 6.97. The van der Waals surface area contributed by atoms with Gasteiger partial charge in [-0.3, -0.25) is 10.1 Å². The van der Waals surface area contributed by atoms with Gasteiger partial charge in [-0.1, -0.05) is 34.1 Å². The fraction of sp³-hybridized carbons (Fsp3) is 0.917. The molecule has 1 saturated heterocycles. The van der Waals surface area contributed by atoms with Crippen LogP contribution in [0.25, 0.3) is 0 Å². The Kier molecular flexibility index (Phi) is 2.53. The minimum atomic E-state index is 0.0615. The Bertz CT molecular complexity index is 275. The van der Waals surface area contributed by atoms with Gasteiger partial charge in [-0.15, -0.1) is 0 Å². The average molecular weight is 210 g/mol. The molecule has 3 atom stereocenters. The zero-order valence-corrected chi connectivity index (χ0v) is 10.2. The molecule has 0 aromatic heterocycles. The first-order valence-corrected chi connectivity index (χ1v) is 6.01. The van der Waals surface area contributed by atoms with Crippen LogP contribution in [0.3, 0.4) is 0 Å². The first kappa shape index (κ1) is 10.9.